The second-order valence-corrected chi connectivity index (χ2v) is 3.29. The quantitative estimate of drug-likeness (QED) is 0.800. The maximum atomic E-state index is 10.9. The largest absolute Gasteiger partial charge is 0.480 e. The molecule has 0 radical (unpaired) electrons. The molecule has 1 aromatic rings. The topological polar surface area (TPSA) is 49.8 Å². The summed E-state index contributed by atoms with van der Waals surface area (Å²) in [6, 6.07) is 6.73. The van der Waals surface area contributed by atoms with Gasteiger partial charge in [0.05, 0.1) is 5.69 Å². The van der Waals surface area contributed by atoms with Crippen LogP contribution in [0.1, 0.15) is 6.92 Å². The molecule has 1 atom stereocenters. The van der Waals surface area contributed by atoms with Crippen molar-refractivity contribution in [3.05, 3.63) is 36.7 Å². The average molecular weight is 205 g/mol. The van der Waals surface area contributed by atoms with E-state index in [0.717, 1.165) is 5.69 Å². The molecule has 0 aromatic heterocycles. The Labute approximate surface area is 87.4 Å². The first-order valence-corrected chi connectivity index (χ1v) is 4.63. The number of hydrogen-bond donors (Lipinski definition) is 1. The Morgan fingerprint density at radius 2 is 2.20 bits per heavy atom. The van der Waals surface area contributed by atoms with Crippen LogP contribution in [-0.4, -0.2) is 17.1 Å². The molecule has 1 N–H and O–H groups in total. The molecule has 78 valence electrons. The fraction of sp³-hybridized carbons (Fsp3) is 0.182. The predicted molar refractivity (Wildman–Crippen MR) is 55.8 cm³/mol. The first-order valence-electron chi connectivity index (χ1n) is 4.63. The molecule has 1 unspecified atom stereocenters. The third kappa shape index (κ3) is 1.66. The Morgan fingerprint density at radius 3 is 2.93 bits per heavy atom. The third-order valence-corrected chi connectivity index (χ3v) is 2.33. The number of fused-ring (bicyclic) bond motifs is 1. The van der Waals surface area contributed by atoms with E-state index in [1.54, 1.807) is 24.1 Å². The van der Waals surface area contributed by atoms with Crippen LogP contribution in [0.2, 0.25) is 0 Å². The van der Waals surface area contributed by atoms with Gasteiger partial charge in [-0.2, -0.15) is 0 Å². The number of para-hydroxylation sites is 2. The summed E-state index contributed by atoms with van der Waals surface area (Å²) in [5.74, 6) is -0.190. The van der Waals surface area contributed by atoms with Gasteiger partial charge in [-0.3, -0.25) is 0 Å². The van der Waals surface area contributed by atoms with Gasteiger partial charge >= 0.3 is 5.97 Å². The van der Waals surface area contributed by atoms with E-state index in [1.165, 1.54) is 6.26 Å². The Hall–Kier alpha value is -1.97. The minimum absolute atomic E-state index is 0.605. The molecule has 1 heterocycles. The zero-order chi connectivity index (χ0) is 10.8. The van der Waals surface area contributed by atoms with Crippen LogP contribution >= 0.6 is 0 Å². The van der Waals surface area contributed by atoms with E-state index >= 15 is 0 Å². The summed E-state index contributed by atoms with van der Waals surface area (Å²) in [7, 11) is 0. The summed E-state index contributed by atoms with van der Waals surface area (Å²) in [5.41, 5.74) is 0.773. The summed E-state index contributed by atoms with van der Waals surface area (Å²) in [5, 5.41) is 8.94. The first kappa shape index (κ1) is 9.58. The van der Waals surface area contributed by atoms with Gasteiger partial charge in [-0.25, -0.2) is 4.79 Å². The molecule has 0 spiro atoms. The van der Waals surface area contributed by atoms with Gasteiger partial charge in [-0.15, -0.1) is 0 Å². The number of ether oxygens (including phenoxy) is 1. The van der Waals surface area contributed by atoms with Crippen LogP contribution in [0.5, 0.6) is 5.75 Å². The van der Waals surface area contributed by atoms with Crippen molar-refractivity contribution in [1.82, 2.24) is 0 Å². The molecule has 1 aliphatic heterocycles. The summed E-state index contributed by atoms with van der Waals surface area (Å²) >= 11 is 0. The van der Waals surface area contributed by atoms with Gasteiger partial charge in [0.1, 0.15) is 18.1 Å². The van der Waals surface area contributed by atoms with Crippen molar-refractivity contribution in [3.63, 3.8) is 0 Å². The molecule has 0 aliphatic carbocycles. The Balaban J connectivity index is 2.38. The summed E-state index contributed by atoms with van der Waals surface area (Å²) < 4.78 is 5.27. The highest BCUT2D eigenvalue weighted by molar-refractivity contribution is 5.80. The van der Waals surface area contributed by atoms with Gasteiger partial charge in [0.2, 0.25) is 0 Å². The molecule has 0 fully saturated rings. The van der Waals surface area contributed by atoms with Gasteiger partial charge in [-0.1, -0.05) is 12.1 Å². The average Bonchev–Trinajstić information content (AvgIpc) is 2.27. The van der Waals surface area contributed by atoms with Gasteiger partial charge in [-0.05, 0) is 19.1 Å². The fourth-order valence-corrected chi connectivity index (χ4v) is 1.48. The molecule has 4 nitrogen and oxygen atoms in total. The monoisotopic (exact) mass is 205 g/mol. The molecule has 15 heavy (non-hydrogen) atoms. The van der Waals surface area contributed by atoms with Gasteiger partial charge in [0.15, 0.2) is 0 Å². The van der Waals surface area contributed by atoms with Crippen molar-refractivity contribution >= 4 is 11.7 Å². The number of aliphatic carboxylic acids is 1. The van der Waals surface area contributed by atoms with E-state index in [4.69, 9.17) is 9.84 Å². The highest BCUT2D eigenvalue weighted by Gasteiger charge is 2.23. The molecule has 0 saturated heterocycles. The molecule has 0 saturated carbocycles. The van der Waals surface area contributed by atoms with Crippen molar-refractivity contribution in [1.29, 1.82) is 0 Å². The molecule has 0 bridgehead atoms. The molecule has 4 heteroatoms. The standard InChI is InChI=1S/C11H11NO3/c1-8(11(13)14)12-6-7-15-10-5-3-2-4-9(10)12/h2-8H,1H3,(H,13,14). The summed E-state index contributed by atoms with van der Waals surface area (Å²) in [6.07, 6.45) is 3.11. The second kappa shape index (κ2) is 3.65. The second-order valence-electron chi connectivity index (χ2n) is 3.29. The number of nitrogens with zero attached hydrogens (tertiary/aromatic N) is 1. The van der Waals surface area contributed by atoms with E-state index in [-0.39, 0.29) is 0 Å². The van der Waals surface area contributed by atoms with Crippen molar-refractivity contribution in [2.75, 3.05) is 4.90 Å². The van der Waals surface area contributed by atoms with Crippen LogP contribution in [0.4, 0.5) is 5.69 Å². The molecule has 1 aliphatic rings. The predicted octanol–water partition coefficient (Wildman–Crippen LogP) is 1.83. The Morgan fingerprint density at radius 1 is 1.47 bits per heavy atom. The highest BCUT2D eigenvalue weighted by Crippen LogP contribution is 2.32. The van der Waals surface area contributed by atoms with E-state index in [1.807, 2.05) is 18.2 Å². The Kier molecular flexibility index (Phi) is 2.33. The summed E-state index contributed by atoms with van der Waals surface area (Å²) in [4.78, 5) is 12.6. The molecule has 0 amide bonds. The van der Waals surface area contributed by atoms with Crippen LogP contribution in [0.25, 0.3) is 0 Å². The zero-order valence-corrected chi connectivity index (χ0v) is 8.25. The van der Waals surface area contributed by atoms with Crippen LogP contribution in [-0.2, 0) is 4.79 Å². The minimum Gasteiger partial charge on any atom is -0.480 e. The van der Waals surface area contributed by atoms with Crippen molar-refractivity contribution in [3.8, 4) is 5.75 Å². The van der Waals surface area contributed by atoms with E-state index < -0.39 is 12.0 Å². The lowest BCUT2D eigenvalue weighted by Gasteiger charge is -2.28. The van der Waals surface area contributed by atoms with E-state index in [2.05, 4.69) is 0 Å². The molecule has 2 rings (SSSR count). The number of carbonyl (C=O) groups is 1. The maximum Gasteiger partial charge on any atom is 0.326 e. The number of rotatable bonds is 2. The number of benzene rings is 1. The van der Waals surface area contributed by atoms with Crippen LogP contribution in [0, 0.1) is 0 Å². The lowest BCUT2D eigenvalue weighted by atomic mass is 10.2. The fourth-order valence-electron chi connectivity index (χ4n) is 1.48. The third-order valence-electron chi connectivity index (χ3n) is 2.33. The normalized spacial score (nSPS) is 15.4. The molecular weight excluding hydrogens is 194 g/mol. The number of hydrogen-bond acceptors (Lipinski definition) is 3. The van der Waals surface area contributed by atoms with Gasteiger partial charge in [0, 0.05) is 6.20 Å². The Bertz CT molecular complexity index is 414. The molecular formula is C11H11NO3. The molecule has 1 aromatic carbocycles. The zero-order valence-electron chi connectivity index (χ0n) is 8.25. The minimum atomic E-state index is -0.864. The van der Waals surface area contributed by atoms with E-state index in [0.29, 0.717) is 5.75 Å². The van der Waals surface area contributed by atoms with Crippen LogP contribution in [0.3, 0.4) is 0 Å². The number of carboxylic acids is 1. The van der Waals surface area contributed by atoms with Crippen molar-refractivity contribution in [2.45, 2.75) is 13.0 Å². The highest BCUT2D eigenvalue weighted by atomic mass is 16.5. The smallest absolute Gasteiger partial charge is 0.326 e. The number of anilines is 1. The summed E-state index contributed by atoms with van der Waals surface area (Å²) in [6.45, 7) is 1.63. The first-order chi connectivity index (χ1) is 7.20. The van der Waals surface area contributed by atoms with Crippen LogP contribution < -0.4 is 9.64 Å². The van der Waals surface area contributed by atoms with Crippen molar-refractivity contribution in [2.24, 2.45) is 0 Å². The van der Waals surface area contributed by atoms with Crippen LogP contribution in [0.15, 0.2) is 36.7 Å². The SMILES string of the molecule is CC(C(=O)O)N1C=COc2ccccc21. The lowest BCUT2D eigenvalue weighted by molar-refractivity contribution is -0.138. The van der Waals surface area contributed by atoms with Crippen molar-refractivity contribution < 1.29 is 14.6 Å². The van der Waals surface area contributed by atoms with Gasteiger partial charge in [0.25, 0.3) is 0 Å². The van der Waals surface area contributed by atoms with E-state index in [9.17, 15) is 4.79 Å². The maximum absolute atomic E-state index is 10.9. The van der Waals surface area contributed by atoms with Gasteiger partial charge < -0.3 is 14.7 Å². The number of carboxylic acid groups (broad SMARTS) is 1. The lowest BCUT2D eigenvalue weighted by Crippen LogP contribution is -2.36.